The molecular weight excluding hydrogens is 216 g/mol. The summed E-state index contributed by atoms with van der Waals surface area (Å²) in [5.41, 5.74) is 8.68. The third kappa shape index (κ3) is 1.86. The number of hydrogen-bond donors (Lipinski definition) is 0. The summed E-state index contributed by atoms with van der Waals surface area (Å²) >= 11 is 0. The molecule has 0 heteroatoms. The molecule has 0 bridgehead atoms. The molecule has 0 saturated carbocycles. The van der Waals surface area contributed by atoms with Crippen LogP contribution in [0.3, 0.4) is 0 Å². The summed E-state index contributed by atoms with van der Waals surface area (Å²) in [4.78, 5) is 0. The summed E-state index contributed by atoms with van der Waals surface area (Å²) in [6, 6.07) is 13.8. The van der Waals surface area contributed by atoms with Crippen LogP contribution in [0.1, 0.15) is 41.5 Å². The first-order valence-electron chi connectivity index (χ1n) is 6.85. The Morgan fingerprint density at radius 2 is 1.56 bits per heavy atom. The highest BCUT2D eigenvalue weighted by Crippen LogP contribution is 2.38. The van der Waals surface area contributed by atoms with E-state index in [4.69, 9.17) is 0 Å². The Labute approximate surface area is 110 Å². The first-order valence-corrected chi connectivity index (χ1v) is 6.85. The second-order valence-electron chi connectivity index (χ2n) is 5.69. The van der Waals surface area contributed by atoms with Gasteiger partial charge in [-0.15, -0.1) is 0 Å². The van der Waals surface area contributed by atoms with Gasteiger partial charge in [0, 0.05) is 0 Å². The average molecular weight is 236 g/mol. The monoisotopic (exact) mass is 236 g/mol. The summed E-state index contributed by atoms with van der Waals surface area (Å²) in [5.74, 6) is 0.660. The molecule has 3 rings (SSSR count). The minimum Gasteiger partial charge on any atom is -0.0587 e. The van der Waals surface area contributed by atoms with Crippen molar-refractivity contribution in [3.8, 4) is 11.1 Å². The quantitative estimate of drug-likeness (QED) is 0.602. The van der Waals surface area contributed by atoms with E-state index in [1.54, 1.807) is 0 Å². The van der Waals surface area contributed by atoms with Crippen LogP contribution >= 0.6 is 0 Å². The normalized spacial score (nSPS) is 17.8. The average Bonchev–Trinajstić information content (AvgIpc) is 2.48. The highest BCUT2D eigenvalue weighted by Gasteiger charge is 2.19. The molecule has 1 unspecified atom stereocenters. The van der Waals surface area contributed by atoms with Gasteiger partial charge in [0.1, 0.15) is 0 Å². The number of aryl methyl sites for hydroxylation is 3. The van der Waals surface area contributed by atoms with Gasteiger partial charge in [0.25, 0.3) is 0 Å². The fraction of sp³-hybridized carbons (Fsp3) is 0.333. The van der Waals surface area contributed by atoms with Gasteiger partial charge < -0.3 is 0 Å². The summed E-state index contributed by atoms with van der Waals surface area (Å²) in [7, 11) is 0. The second-order valence-corrected chi connectivity index (χ2v) is 5.69. The smallest absolute Gasteiger partial charge is 0.0146 e. The third-order valence-electron chi connectivity index (χ3n) is 4.14. The predicted octanol–water partition coefficient (Wildman–Crippen LogP) is 5.02. The number of benzene rings is 2. The molecule has 92 valence electrons. The Hall–Kier alpha value is -1.56. The summed E-state index contributed by atoms with van der Waals surface area (Å²) in [6.45, 7) is 6.73. The van der Waals surface area contributed by atoms with E-state index >= 15 is 0 Å². The standard InChI is InChI=1S/C18H20/c1-12-4-8-16-15(10-12)7-6-14(3)18-11-13(2)5-9-17(16)18/h4-5,8-11,14H,6-7H2,1-3H3. The Morgan fingerprint density at radius 3 is 2.33 bits per heavy atom. The van der Waals surface area contributed by atoms with Crippen molar-refractivity contribution in [2.24, 2.45) is 0 Å². The lowest BCUT2D eigenvalue weighted by Crippen LogP contribution is -1.94. The molecule has 1 aliphatic carbocycles. The van der Waals surface area contributed by atoms with Gasteiger partial charge in [-0.05, 0) is 54.9 Å². The van der Waals surface area contributed by atoms with Crippen LogP contribution in [0.4, 0.5) is 0 Å². The fourth-order valence-electron chi connectivity index (χ4n) is 3.05. The molecule has 0 amide bonds. The first kappa shape index (κ1) is 11.5. The van der Waals surface area contributed by atoms with Gasteiger partial charge in [-0.3, -0.25) is 0 Å². The van der Waals surface area contributed by atoms with E-state index in [1.165, 1.54) is 46.2 Å². The highest BCUT2D eigenvalue weighted by molar-refractivity contribution is 5.73. The number of fused-ring (bicyclic) bond motifs is 3. The van der Waals surface area contributed by atoms with Crippen molar-refractivity contribution in [3.63, 3.8) is 0 Å². The van der Waals surface area contributed by atoms with Gasteiger partial charge >= 0.3 is 0 Å². The van der Waals surface area contributed by atoms with Crippen LogP contribution < -0.4 is 0 Å². The molecule has 2 aromatic rings. The van der Waals surface area contributed by atoms with Crippen LogP contribution in [0.2, 0.25) is 0 Å². The maximum absolute atomic E-state index is 2.37. The number of hydrogen-bond acceptors (Lipinski definition) is 0. The lowest BCUT2D eigenvalue weighted by molar-refractivity contribution is 0.688. The summed E-state index contributed by atoms with van der Waals surface area (Å²) in [5, 5.41) is 0. The van der Waals surface area contributed by atoms with Crippen molar-refractivity contribution in [1.29, 1.82) is 0 Å². The van der Waals surface area contributed by atoms with Crippen LogP contribution in [0, 0.1) is 13.8 Å². The van der Waals surface area contributed by atoms with Gasteiger partial charge in [-0.2, -0.15) is 0 Å². The van der Waals surface area contributed by atoms with Crippen molar-refractivity contribution < 1.29 is 0 Å². The molecule has 0 spiro atoms. The van der Waals surface area contributed by atoms with Crippen LogP contribution in [-0.4, -0.2) is 0 Å². The van der Waals surface area contributed by atoms with Crippen molar-refractivity contribution in [1.82, 2.24) is 0 Å². The SMILES string of the molecule is Cc1ccc2c(c1)CCC(C)c1cc(C)ccc1-2. The van der Waals surface area contributed by atoms with E-state index in [0.717, 1.165) is 0 Å². The molecule has 2 aromatic carbocycles. The van der Waals surface area contributed by atoms with Crippen molar-refractivity contribution >= 4 is 0 Å². The third-order valence-corrected chi connectivity index (χ3v) is 4.14. The van der Waals surface area contributed by atoms with Crippen LogP contribution in [0.5, 0.6) is 0 Å². The van der Waals surface area contributed by atoms with Crippen molar-refractivity contribution in [2.75, 3.05) is 0 Å². The Bertz CT molecular complexity index is 593. The molecule has 1 aliphatic rings. The van der Waals surface area contributed by atoms with Crippen molar-refractivity contribution in [3.05, 3.63) is 58.7 Å². The van der Waals surface area contributed by atoms with E-state index in [0.29, 0.717) is 5.92 Å². The van der Waals surface area contributed by atoms with E-state index in [1.807, 2.05) is 0 Å². The molecule has 0 N–H and O–H groups in total. The lowest BCUT2D eigenvalue weighted by atomic mass is 9.91. The zero-order chi connectivity index (χ0) is 12.7. The maximum Gasteiger partial charge on any atom is -0.0146 e. The van der Waals surface area contributed by atoms with E-state index in [2.05, 4.69) is 57.2 Å². The summed E-state index contributed by atoms with van der Waals surface area (Å²) in [6.07, 6.45) is 2.46. The molecule has 0 fully saturated rings. The lowest BCUT2D eigenvalue weighted by Gasteiger charge is -2.14. The first-order chi connectivity index (χ1) is 8.65. The molecule has 0 saturated heterocycles. The van der Waals surface area contributed by atoms with Gasteiger partial charge in [0.05, 0.1) is 0 Å². The zero-order valence-electron chi connectivity index (χ0n) is 11.5. The molecule has 0 aliphatic heterocycles. The Morgan fingerprint density at radius 1 is 0.889 bits per heavy atom. The van der Waals surface area contributed by atoms with Gasteiger partial charge in [0.15, 0.2) is 0 Å². The minimum atomic E-state index is 0.660. The Balaban J connectivity index is 2.26. The summed E-state index contributed by atoms with van der Waals surface area (Å²) < 4.78 is 0. The van der Waals surface area contributed by atoms with E-state index < -0.39 is 0 Å². The van der Waals surface area contributed by atoms with Gasteiger partial charge in [0.2, 0.25) is 0 Å². The van der Waals surface area contributed by atoms with E-state index in [-0.39, 0.29) is 0 Å². The van der Waals surface area contributed by atoms with Crippen LogP contribution in [0.25, 0.3) is 11.1 Å². The molecule has 0 nitrogen and oxygen atoms in total. The second kappa shape index (κ2) is 4.28. The van der Waals surface area contributed by atoms with E-state index in [9.17, 15) is 0 Å². The molecular formula is C18H20. The molecule has 0 radical (unpaired) electrons. The predicted molar refractivity (Wildman–Crippen MR) is 78.1 cm³/mol. The fourth-order valence-corrected chi connectivity index (χ4v) is 3.05. The van der Waals surface area contributed by atoms with Crippen LogP contribution in [0.15, 0.2) is 36.4 Å². The molecule has 1 atom stereocenters. The van der Waals surface area contributed by atoms with Crippen molar-refractivity contribution in [2.45, 2.75) is 39.5 Å². The molecule has 0 aromatic heterocycles. The minimum absolute atomic E-state index is 0.660. The maximum atomic E-state index is 2.37. The highest BCUT2D eigenvalue weighted by atomic mass is 14.2. The van der Waals surface area contributed by atoms with Gasteiger partial charge in [-0.25, -0.2) is 0 Å². The Kier molecular flexibility index (Phi) is 2.74. The number of rotatable bonds is 0. The molecule has 0 heterocycles. The largest absolute Gasteiger partial charge is 0.0587 e. The molecule has 18 heavy (non-hydrogen) atoms. The van der Waals surface area contributed by atoms with Gasteiger partial charge in [-0.1, -0.05) is 54.4 Å². The zero-order valence-corrected chi connectivity index (χ0v) is 11.5. The topological polar surface area (TPSA) is 0 Å². The van der Waals surface area contributed by atoms with Crippen LogP contribution in [-0.2, 0) is 6.42 Å².